The van der Waals surface area contributed by atoms with E-state index in [1.165, 1.54) is 5.56 Å². The molecule has 0 unspecified atom stereocenters. The largest absolute Gasteiger partial charge is 0.492 e. The summed E-state index contributed by atoms with van der Waals surface area (Å²) >= 11 is 0. The van der Waals surface area contributed by atoms with Crippen LogP contribution < -0.4 is 4.74 Å². The van der Waals surface area contributed by atoms with Crippen molar-refractivity contribution in [1.82, 2.24) is 0 Å². The topological polar surface area (TPSA) is 33.0 Å². The predicted octanol–water partition coefficient (Wildman–Crippen LogP) is 3.71. The Labute approximate surface area is 103 Å². The first-order chi connectivity index (χ1) is 8.29. The molecular formula is C15H19NO. The van der Waals surface area contributed by atoms with E-state index in [0.717, 1.165) is 37.9 Å². The van der Waals surface area contributed by atoms with Crippen molar-refractivity contribution in [2.75, 3.05) is 6.61 Å². The first-order valence-corrected chi connectivity index (χ1v) is 6.42. The molecule has 1 fully saturated rings. The molecule has 1 aliphatic carbocycles. The lowest BCUT2D eigenvalue weighted by molar-refractivity contribution is 0.199. The van der Waals surface area contributed by atoms with Gasteiger partial charge in [0.2, 0.25) is 0 Å². The van der Waals surface area contributed by atoms with Crippen molar-refractivity contribution in [1.29, 1.82) is 5.26 Å². The van der Waals surface area contributed by atoms with Crippen molar-refractivity contribution in [2.45, 2.75) is 39.0 Å². The Morgan fingerprint density at radius 3 is 2.65 bits per heavy atom. The fraction of sp³-hybridized carbons (Fsp3) is 0.533. The van der Waals surface area contributed by atoms with Crippen LogP contribution in [0, 0.1) is 16.7 Å². The van der Waals surface area contributed by atoms with Crippen molar-refractivity contribution < 1.29 is 4.74 Å². The van der Waals surface area contributed by atoms with Gasteiger partial charge in [-0.05, 0) is 30.9 Å². The van der Waals surface area contributed by atoms with Crippen molar-refractivity contribution in [3.63, 3.8) is 0 Å². The molecule has 1 aliphatic rings. The molecule has 0 saturated heterocycles. The zero-order chi connectivity index (χ0) is 12.1. The van der Waals surface area contributed by atoms with Gasteiger partial charge in [0.25, 0.3) is 0 Å². The van der Waals surface area contributed by atoms with Crippen LogP contribution in [0.3, 0.4) is 0 Å². The number of benzene rings is 1. The second-order valence-electron chi connectivity index (χ2n) is 4.85. The van der Waals surface area contributed by atoms with Crippen molar-refractivity contribution in [2.24, 2.45) is 5.41 Å². The molecule has 0 bridgehead atoms. The van der Waals surface area contributed by atoms with Gasteiger partial charge in [0.15, 0.2) is 0 Å². The van der Waals surface area contributed by atoms with Crippen LogP contribution in [0.1, 0.15) is 38.2 Å². The summed E-state index contributed by atoms with van der Waals surface area (Å²) in [4.78, 5) is 0. The molecule has 1 saturated carbocycles. The average Bonchev–Trinajstić information content (AvgIpc) is 2.86. The first kappa shape index (κ1) is 12.0. The standard InChI is InChI=1S/C15H19NO/c1-2-13-7-3-4-8-14(13)17-12-15(11-16)9-5-6-10-15/h3-4,7-8H,2,5-6,9-10,12H2,1H3. The minimum Gasteiger partial charge on any atom is -0.492 e. The Balaban J connectivity index is 2.04. The van der Waals surface area contributed by atoms with E-state index in [1.54, 1.807) is 0 Å². The predicted molar refractivity (Wildman–Crippen MR) is 67.8 cm³/mol. The second kappa shape index (κ2) is 5.23. The van der Waals surface area contributed by atoms with Gasteiger partial charge in [-0.25, -0.2) is 0 Å². The third-order valence-corrected chi connectivity index (χ3v) is 3.66. The zero-order valence-electron chi connectivity index (χ0n) is 10.4. The van der Waals surface area contributed by atoms with Gasteiger partial charge in [-0.15, -0.1) is 0 Å². The number of hydrogen-bond acceptors (Lipinski definition) is 2. The molecule has 0 atom stereocenters. The van der Waals surface area contributed by atoms with E-state index in [4.69, 9.17) is 4.74 Å². The Morgan fingerprint density at radius 2 is 2.00 bits per heavy atom. The third kappa shape index (κ3) is 2.61. The lowest BCUT2D eigenvalue weighted by atomic mass is 9.89. The molecule has 1 aromatic carbocycles. The van der Waals surface area contributed by atoms with Crippen LogP contribution in [-0.4, -0.2) is 6.61 Å². The number of hydrogen-bond donors (Lipinski definition) is 0. The van der Waals surface area contributed by atoms with E-state index < -0.39 is 0 Å². The Bertz CT molecular complexity index is 413. The summed E-state index contributed by atoms with van der Waals surface area (Å²) in [5, 5.41) is 9.29. The van der Waals surface area contributed by atoms with E-state index in [-0.39, 0.29) is 5.41 Å². The van der Waals surface area contributed by atoms with Crippen LogP contribution in [0.4, 0.5) is 0 Å². The van der Waals surface area contributed by atoms with Gasteiger partial charge < -0.3 is 4.74 Å². The fourth-order valence-electron chi connectivity index (χ4n) is 2.49. The van der Waals surface area contributed by atoms with E-state index >= 15 is 0 Å². The van der Waals surface area contributed by atoms with Crippen LogP contribution >= 0.6 is 0 Å². The number of rotatable bonds is 4. The quantitative estimate of drug-likeness (QED) is 0.788. The average molecular weight is 229 g/mol. The van der Waals surface area contributed by atoms with Gasteiger partial charge in [-0.1, -0.05) is 38.0 Å². The Kier molecular flexibility index (Phi) is 3.68. The lowest BCUT2D eigenvalue weighted by Gasteiger charge is -2.21. The molecule has 0 aliphatic heterocycles. The van der Waals surface area contributed by atoms with Gasteiger partial charge in [0.05, 0.1) is 11.5 Å². The fourth-order valence-corrected chi connectivity index (χ4v) is 2.49. The molecule has 0 spiro atoms. The van der Waals surface area contributed by atoms with E-state index in [9.17, 15) is 5.26 Å². The van der Waals surface area contributed by atoms with E-state index in [1.807, 2.05) is 18.2 Å². The van der Waals surface area contributed by atoms with Crippen LogP contribution in [0.15, 0.2) is 24.3 Å². The molecule has 0 radical (unpaired) electrons. The maximum Gasteiger partial charge on any atom is 0.122 e. The number of nitrogens with zero attached hydrogens (tertiary/aromatic N) is 1. The molecule has 2 nitrogen and oxygen atoms in total. The SMILES string of the molecule is CCc1ccccc1OCC1(C#N)CCCC1. The minimum absolute atomic E-state index is 0.235. The van der Waals surface area contributed by atoms with E-state index in [0.29, 0.717) is 6.61 Å². The summed E-state index contributed by atoms with van der Waals surface area (Å²) < 4.78 is 5.88. The second-order valence-corrected chi connectivity index (χ2v) is 4.85. The lowest BCUT2D eigenvalue weighted by Crippen LogP contribution is -2.23. The number of nitriles is 1. The normalized spacial score (nSPS) is 17.6. The van der Waals surface area contributed by atoms with Crippen LogP contribution in [0.2, 0.25) is 0 Å². The van der Waals surface area contributed by atoms with Gasteiger partial charge in [0.1, 0.15) is 12.4 Å². The Morgan fingerprint density at radius 1 is 1.29 bits per heavy atom. The highest BCUT2D eigenvalue weighted by molar-refractivity contribution is 5.33. The minimum atomic E-state index is -0.235. The van der Waals surface area contributed by atoms with Gasteiger partial charge in [0, 0.05) is 0 Å². The highest BCUT2D eigenvalue weighted by Crippen LogP contribution is 2.38. The molecule has 90 valence electrons. The molecule has 17 heavy (non-hydrogen) atoms. The van der Waals surface area contributed by atoms with Crippen molar-refractivity contribution in [3.8, 4) is 11.8 Å². The summed E-state index contributed by atoms with van der Waals surface area (Å²) in [5.74, 6) is 0.941. The van der Waals surface area contributed by atoms with E-state index in [2.05, 4.69) is 19.1 Å². The first-order valence-electron chi connectivity index (χ1n) is 6.42. The van der Waals surface area contributed by atoms with Crippen molar-refractivity contribution >= 4 is 0 Å². The molecule has 0 amide bonds. The summed E-state index contributed by atoms with van der Waals surface area (Å²) in [6.45, 7) is 2.67. The van der Waals surface area contributed by atoms with Crippen LogP contribution in [-0.2, 0) is 6.42 Å². The highest BCUT2D eigenvalue weighted by Gasteiger charge is 2.34. The number of ether oxygens (including phenoxy) is 1. The van der Waals surface area contributed by atoms with Gasteiger partial charge >= 0.3 is 0 Å². The van der Waals surface area contributed by atoms with Crippen LogP contribution in [0.5, 0.6) is 5.75 Å². The molecule has 2 heteroatoms. The number of para-hydroxylation sites is 1. The maximum absolute atomic E-state index is 9.29. The zero-order valence-corrected chi connectivity index (χ0v) is 10.4. The summed E-state index contributed by atoms with van der Waals surface area (Å²) in [6, 6.07) is 10.6. The smallest absolute Gasteiger partial charge is 0.122 e. The highest BCUT2D eigenvalue weighted by atomic mass is 16.5. The molecular weight excluding hydrogens is 210 g/mol. The summed E-state index contributed by atoms with van der Waals surface area (Å²) in [7, 11) is 0. The third-order valence-electron chi connectivity index (χ3n) is 3.66. The molecule has 0 aromatic heterocycles. The molecule has 0 heterocycles. The molecule has 2 rings (SSSR count). The Hall–Kier alpha value is -1.49. The van der Waals surface area contributed by atoms with Gasteiger partial charge in [-0.2, -0.15) is 5.26 Å². The molecule has 1 aromatic rings. The number of aryl methyl sites for hydroxylation is 1. The maximum atomic E-state index is 9.29. The summed E-state index contributed by atoms with van der Waals surface area (Å²) in [5.41, 5.74) is 0.986. The monoisotopic (exact) mass is 229 g/mol. The van der Waals surface area contributed by atoms with Crippen molar-refractivity contribution in [3.05, 3.63) is 29.8 Å². The van der Waals surface area contributed by atoms with Gasteiger partial charge in [-0.3, -0.25) is 0 Å². The summed E-state index contributed by atoms with van der Waals surface area (Å²) in [6.07, 6.45) is 5.25. The molecule has 0 N–H and O–H groups in total. The van der Waals surface area contributed by atoms with Crippen LogP contribution in [0.25, 0.3) is 0 Å².